The molecular formula is C12H14ClN5. The molecule has 4 rings (SSSR count). The summed E-state index contributed by atoms with van der Waals surface area (Å²) in [5, 5.41) is 8.84. The molecule has 0 bridgehead atoms. The summed E-state index contributed by atoms with van der Waals surface area (Å²) in [5.74, 6) is 0.903. The lowest BCUT2D eigenvalue weighted by atomic mass is 9.95. The van der Waals surface area contributed by atoms with E-state index in [1.165, 1.54) is 25.7 Å². The number of halogens is 1. The number of fused-ring (bicyclic) bond motifs is 1. The van der Waals surface area contributed by atoms with Gasteiger partial charge in [0.15, 0.2) is 10.8 Å². The zero-order valence-electron chi connectivity index (χ0n) is 10.0. The van der Waals surface area contributed by atoms with E-state index in [4.69, 9.17) is 11.6 Å². The van der Waals surface area contributed by atoms with E-state index in [0.717, 1.165) is 19.0 Å². The van der Waals surface area contributed by atoms with Crippen molar-refractivity contribution in [2.75, 3.05) is 18.0 Å². The normalized spacial score (nSPS) is 21.7. The summed E-state index contributed by atoms with van der Waals surface area (Å²) in [4.78, 5) is 6.37. The van der Waals surface area contributed by atoms with Gasteiger partial charge in [-0.1, -0.05) is 11.6 Å². The van der Waals surface area contributed by atoms with E-state index in [0.29, 0.717) is 16.2 Å². The van der Waals surface area contributed by atoms with Crippen molar-refractivity contribution in [3.8, 4) is 0 Å². The van der Waals surface area contributed by atoms with Gasteiger partial charge in [-0.3, -0.25) is 4.40 Å². The van der Waals surface area contributed by atoms with E-state index in [-0.39, 0.29) is 0 Å². The standard InChI is InChI=1S/C12H14ClN5/c13-9-10-15-16-11(18(10)7-5-14-9)17-6-1-2-12(8-17)3-4-12/h5,7H,1-4,6,8H2. The third kappa shape index (κ3) is 1.50. The van der Waals surface area contributed by atoms with Crippen molar-refractivity contribution in [3.05, 3.63) is 17.5 Å². The Bertz CT molecular complexity index is 604. The van der Waals surface area contributed by atoms with E-state index < -0.39 is 0 Å². The highest BCUT2D eigenvalue weighted by molar-refractivity contribution is 6.32. The van der Waals surface area contributed by atoms with Gasteiger partial charge >= 0.3 is 0 Å². The Morgan fingerprint density at radius 1 is 1.22 bits per heavy atom. The van der Waals surface area contributed by atoms with Crippen molar-refractivity contribution in [2.45, 2.75) is 25.7 Å². The lowest BCUT2D eigenvalue weighted by molar-refractivity contribution is 0.391. The molecule has 94 valence electrons. The van der Waals surface area contributed by atoms with Gasteiger partial charge in [0.25, 0.3) is 0 Å². The van der Waals surface area contributed by atoms with Crippen LogP contribution in [-0.4, -0.2) is 32.7 Å². The monoisotopic (exact) mass is 263 g/mol. The van der Waals surface area contributed by atoms with E-state index in [1.54, 1.807) is 6.20 Å². The highest BCUT2D eigenvalue weighted by Gasteiger charge is 2.46. The molecule has 2 fully saturated rings. The Morgan fingerprint density at radius 2 is 2.11 bits per heavy atom. The Hall–Kier alpha value is -1.36. The molecule has 2 aliphatic rings. The number of nitrogens with zero attached hydrogens (tertiary/aromatic N) is 5. The SMILES string of the molecule is Clc1nccn2c(N3CCCC4(CC4)C3)nnc12. The van der Waals surface area contributed by atoms with Gasteiger partial charge in [0, 0.05) is 25.5 Å². The molecule has 0 aromatic carbocycles. The van der Waals surface area contributed by atoms with Crippen molar-refractivity contribution in [1.82, 2.24) is 19.6 Å². The topological polar surface area (TPSA) is 46.3 Å². The molecule has 18 heavy (non-hydrogen) atoms. The van der Waals surface area contributed by atoms with Crippen LogP contribution in [0.25, 0.3) is 5.65 Å². The van der Waals surface area contributed by atoms with Gasteiger partial charge in [-0.05, 0) is 31.1 Å². The first kappa shape index (κ1) is 10.6. The van der Waals surface area contributed by atoms with Gasteiger partial charge in [-0.15, -0.1) is 10.2 Å². The van der Waals surface area contributed by atoms with Crippen LogP contribution >= 0.6 is 11.6 Å². The van der Waals surface area contributed by atoms with Crippen molar-refractivity contribution in [2.24, 2.45) is 5.41 Å². The molecule has 0 amide bonds. The summed E-state index contributed by atoms with van der Waals surface area (Å²) >= 11 is 6.02. The summed E-state index contributed by atoms with van der Waals surface area (Å²) in [7, 11) is 0. The van der Waals surface area contributed by atoms with Crippen LogP contribution in [0.15, 0.2) is 12.4 Å². The Morgan fingerprint density at radius 3 is 2.94 bits per heavy atom. The van der Waals surface area contributed by atoms with Gasteiger partial charge in [-0.25, -0.2) is 4.98 Å². The molecule has 0 radical (unpaired) electrons. The van der Waals surface area contributed by atoms with Crippen molar-refractivity contribution in [1.29, 1.82) is 0 Å². The summed E-state index contributed by atoms with van der Waals surface area (Å²) in [6.45, 7) is 2.16. The fraction of sp³-hybridized carbons (Fsp3) is 0.583. The maximum absolute atomic E-state index is 6.02. The lowest BCUT2D eigenvalue weighted by Crippen LogP contribution is -2.37. The molecule has 1 aliphatic heterocycles. The van der Waals surface area contributed by atoms with Crippen LogP contribution in [-0.2, 0) is 0 Å². The Balaban J connectivity index is 1.76. The first-order valence-electron chi connectivity index (χ1n) is 6.38. The van der Waals surface area contributed by atoms with Gasteiger partial charge in [0.05, 0.1) is 0 Å². The van der Waals surface area contributed by atoms with Crippen molar-refractivity contribution < 1.29 is 0 Å². The molecule has 2 aromatic rings. The number of aromatic nitrogens is 4. The van der Waals surface area contributed by atoms with Crippen LogP contribution in [0.3, 0.4) is 0 Å². The Kier molecular flexibility index (Phi) is 2.09. The zero-order valence-corrected chi connectivity index (χ0v) is 10.8. The second-order valence-electron chi connectivity index (χ2n) is 5.44. The predicted octanol–water partition coefficient (Wildman–Crippen LogP) is 2.16. The number of rotatable bonds is 1. The molecule has 3 heterocycles. The molecule has 5 nitrogen and oxygen atoms in total. The molecule has 2 aromatic heterocycles. The molecule has 6 heteroatoms. The van der Waals surface area contributed by atoms with Crippen LogP contribution in [0, 0.1) is 5.41 Å². The largest absolute Gasteiger partial charge is 0.340 e. The molecule has 1 aliphatic carbocycles. The highest BCUT2D eigenvalue weighted by atomic mass is 35.5. The number of anilines is 1. The molecule has 1 saturated heterocycles. The van der Waals surface area contributed by atoms with Gasteiger partial charge in [0.2, 0.25) is 5.95 Å². The summed E-state index contributed by atoms with van der Waals surface area (Å²) in [6, 6.07) is 0. The van der Waals surface area contributed by atoms with Crippen LogP contribution in [0.5, 0.6) is 0 Å². The quantitative estimate of drug-likeness (QED) is 0.791. The minimum Gasteiger partial charge on any atom is -0.340 e. The first-order chi connectivity index (χ1) is 8.77. The third-order valence-corrected chi connectivity index (χ3v) is 4.43. The minimum absolute atomic E-state index is 0.411. The lowest BCUT2D eigenvalue weighted by Gasteiger charge is -2.32. The molecule has 0 atom stereocenters. The van der Waals surface area contributed by atoms with E-state index in [2.05, 4.69) is 20.1 Å². The van der Waals surface area contributed by atoms with E-state index in [1.807, 2.05) is 10.6 Å². The average Bonchev–Trinajstić information content (AvgIpc) is 2.97. The zero-order chi connectivity index (χ0) is 12.2. The molecule has 1 saturated carbocycles. The van der Waals surface area contributed by atoms with Crippen molar-refractivity contribution in [3.63, 3.8) is 0 Å². The van der Waals surface area contributed by atoms with Crippen molar-refractivity contribution >= 4 is 23.2 Å². The van der Waals surface area contributed by atoms with Crippen LogP contribution in [0.1, 0.15) is 25.7 Å². The summed E-state index contributed by atoms with van der Waals surface area (Å²) in [5.41, 5.74) is 1.21. The third-order valence-electron chi connectivity index (χ3n) is 4.17. The van der Waals surface area contributed by atoms with Gasteiger partial charge in [-0.2, -0.15) is 0 Å². The highest BCUT2D eigenvalue weighted by Crippen LogP contribution is 2.52. The number of hydrogen-bond donors (Lipinski definition) is 0. The Labute approximate surface area is 110 Å². The second-order valence-corrected chi connectivity index (χ2v) is 5.79. The second kappa shape index (κ2) is 3.57. The minimum atomic E-state index is 0.411. The maximum Gasteiger partial charge on any atom is 0.231 e. The number of hydrogen-bond acceptors (Lipinski definition) is 4. The van der Waals surface area contributed by atoms with E-state index >= 15 is 0 Å². The molecular weight excluding hydrogens is 250 g/mol. The maximum atomic E-state index is 6.02. The fourth-order valence-corrected chi connectivity index (χ4v) is 3.15. The first-order valence-corrected chi connectivity index (χ1v) is 6.75. The van der Waals surface area contributed by atoms with E-state index in [9.17, 15) is 0 Å². The average molecular weight is 264 g/mol. The molecule has 0 N–H and O–H groups in total. The molecule has 1 spiro atoms. The van der Waals surface area contributed by atoms with Gasteiger partial charge < -0.3 is 4.90 Å². The smallest absolute Gasteiger partial charge is 0.231 e. The fourth-order valence-electron chi connectivity index (χ4n) is 2.96. The van der Waals surface area contributed by atoms with Crippen LogP contribution in [0.2, 0.25) is 5.15 Å². The summed E-state index contributed by atoms with van der Waals surface area (Å²) < 4.78 is 1.94. The predicted molar refractivity (Wildman–Crippen MR) is 68.9 cm³/mol. The van der Waals surface area contributed by atoms with Crippen LogP contribution in [0.4, 0.5) is 5.95 Å². The molecule has 0 unspecified atom stereocenters. The summed E-state index contributed by atoms with van der Waals surface area (Å²) in [6.07, 6.45) is 8.91. The van der Waals surface area contributed by atoms with Crippen LogP contribution < -0.4 is 4.90 Å². The number of piperidine rings is 1. The van der Waals surface area contributed by atoms with Gasteiger partial charge in [0.1, 0.15) is 0 Å².